The van der Waals surface area contributed by atoms with Crippen molar-refractivity contribution in [1.82, 2.24) is 5.01 Å². The molecule has 9 heteroatoms. The molecule has 0 bridgehead atoms. The number of nitrogens with zero attached hydrogens (tertiary/aromatic N) is 3. The molecule has 4 aromatic rings. The number of carbonyl (C=O) groups excluding carboxylic acids is 1. The van der Waals surface area contributed by atoms with Gasteiger partial charge >= 0.3 is 0 Å². The van der Waals surface area contributed by atoms with E-state index in [4.69, 9.17) is 26.5 Å². The van der Waals surface area contributed by atoms with Crippen molar-refractivity contribution < 1.29 is 14.3 Å². The molecule has 0 saturated heterocycles. The van der Waals surface area contributed by atoms with Crippen LogP contribution in [-0.4, -0.2) is 34.1 Å². The zero-order chi connectivity index (χ0) is 26.9. The summed E-state index contributed by atoms with van der Waals surface area (Å²) in [5, 5.41) is 18.3. The van der Waals surface area contributed by atoms with Crippen molar-refractivity contribution in [3.8, 4) is 11.5 Å². The van der Waals surface area contributed by atoms with Crippen molar-refractivity contribution in [1.29, 1.82) is 5.41 Å². The Morgan fingerprint density at radius 2 is 1.79 bits per heavy atom. The Morgan fingerprint density at radius 3 is 2.64 bits per heavy atom. The van der Waals surface area contributed by atoms with Crippen LogP contribution >= 0.6 is 23.4 Å². The van der Waals surface area contributed by atoms with Gasteiger partial charge in [0.05, 0.1) is 17.7 Å². The van der Waals surface area contributed by atoms with E-state index in [9.17, 15) is 4.79 Å². The summed E-state index contributed by atoms with van der Waals surface area (Å²) >= 11 is 7.53. The van der Waals surface area contributed by atoms with Gasteiger partial charge in [-0.3, -0.25) is 10.2 Å². The first kappa shape index (κ1) is 24.9. The number of amidine groups is 2. The van der Waals surface area contributed by atoms with Crippen LogP contribution in [0.2, 0.25) is 5.02 Å². The molecule has 39 heavy (non-hydrogen) atoms. The number of halogens is 1. The fourth-order valence-electron chi connectivity index (χ4n) is 4.37. The molecule has 0 spiro atoms. The normalized spacial score (nSPS) is 15.8. The fraction of sp³-hybridized carbons (Fsp3) is 0.0667. The number of aliphatic imine (C=N–C) groups is 1. The second-order valence-corrected chi connectivity index (χ2v) is 10.1. The van der Waals surface area contributed by atoms with Crippen molar-refractivity contribution in [3.63, 3.8) is 0 Å². The van der Waals surface area contributed by atoms with Crippen LogP contribution in [0.25, 0.3) is 16.8 Å². The molecule has 1 N–H and O–H groups in total. The molecule has 192 valence electrons. The molecule has 0 aliphatic carbocycles. The van der Waals surface area contributed by atoms with Gasteiger partial charge in [0.2, 0.25) is 5.17 Å². The molecule has 0 radical (unpaired) electrons. The van der Waals surface area contributed by atoms with Crippen LogP contribution in [0.4, 0.5) is 0 Å². The monoisotopic (exact) mass is 552 g/mol. The van der Waals surface area contributed by atoms with E-state index in [-0.39, 0.29) is 11.4 Å². The summed E-state index contributed by atoms with van der Waals surface area (Å²) in [6.45, 7) is 0.372. The zero-order valence-electron chi connectivity index (χ0n) is 20.7. The fourth-order valence-corrected chi connectivity index (χ4v) is 5.58. The quantitative estimate of drug-likeness (QED) is 0.267. The first-order chi connectivity index (χ1) is 19.0. The number of hydrazone groups is 1. The van der Waals surface area contributed by atoms with Gasteiger partial charge in [-0.1, -0.05) is 78.3 Å². The Hall–Kier alpha value is -4.40. The Labute approximate surface area is 233 Å². The summed E-state index contributed by atoms with van der Waals surface area (Å²) < 4.78 is 11.7. The van der Waals surface area contributed by atoms with Crippen LogP contribution < -0.4 is 9.47 Å². The Kier molecular flexibility index (Phi) is 6.64. The highest BCUT2D eigenvalue weighted by Gasteiger charge is 2.36. The summed E-state index contributed by atoms with van der Waals surface area (Å²) in [5.41, 5.74) is 2.57. The summed E-state index contributed by atoms with van der Waals surface area (Å²) in [6.07, 6.45) is 1.61. The number of hydrogen-bond donors (Lipinski definition) is 1. The Morgan fingerprint density at radius 1 is 1.00 bits per heavy atom. The third kappa shape index (κ3) is 4.80. The lowest BCUT2D eigenvalue weighted by atomic mass is 10.1. The number of nitrogens with one attached hydrogen (secondary N) is 1. The minimum atomic E-state index is -0.510. The lowest BCUT2D eigenvalue weighted by Crippen LogP contribution is -2.35. The van der Waals surface area contributed by atoms with Gasteiger partial charge in [0.1, 0.15) is 11.7 Å². The molecule has 0 unspecified atom stereocenters. The molecule has 7 nitrogen and oxygen atoms in total. The lowest BCUT2D eigenvalue weighted by molar-refractivity contribution is -0.114. The number of fused-ring (bicyclic) bond motifs is 2. The zero-order valence-corrected chi connectivity index (χ0v) is 22.3. The predicted octanol–water partition coefficient (Wildman–Crippen LogP) is 6.75. The van der Waals surface area contributed by atoms with Crippen molar-refractivity contribution in [2.75, 3.05) is 7.11 Å². The SMILES string of the molecule is COc1cc(/C=C2/C(=N)N3N=C(c4ccccc4Cl)SC3=NC2=O)ccc1OCc1cccc2ccccc12. The number of methoxy groups -OCH3 is 1. The maximum atomic E-state index is 12.9. The average molecular weight is 553 g/mol. The second kappa shape index (κ2) is 10.4. The van der Waals surface area contributed by atoms with Crippen LogP contribution in [0.15, 0.2) is 101 Å². The number of rotatable bonds is 6. The van der Waals surface area contributed by atoms with Gasteiger partial charge < -0.3 is 9.47 Å². The molecule has 2 aliphatic heterocycles. The number of benzene rings is 4. The van der Waals surface area contributed by atoms with E-state index in [0.717, 1.165) is 21.9 Å². The van der Waals surface area contributed by atoms with E-state index < -0.39 is 5.91 Å². The van der Waals surface area contributed by atoms with Gasteiger partial charge in [-0.2, -0.15) is 15.1 Å². The van der Waals surface area contributed by atoms with Crippen LogP contribution in [0.5, 0.6) is 11.5 Å². The molecule has 2 heterocycles. The minimum absolute atomic E-state index is 0.0604. The van der Waals surface area contributed by atoms with Crippen molar-refractivity contribution in [2.24, 2.45) is 10.1 Å². The van der Waals surface area contributed by atoms with Crippen LogP contribution in [0, 0.1) is 5.41 Å². The van der Waals surface area contributed by atoms with Gasteiger partial charge in [0, 0.05) is 5.56 Å². The lowest BCUT2D eigenvalue weighted by Gasteiger charge is -2.20. The van der Waals surface area contributed by atoms with Crippen LogP contribution in [0.3, 0.4) is 0 Å². The number of carbonyl (C=O) groups is 1. The van der Waals surface area contributed by atoms with Crippen molar-refractivity contribution in [2.45, 2.75) is 6.61 Å². The number of amides is 1. The Balaban J connectivity index is 1.24. The van der Waals surface area contributed by atoms with Crippen molar-refractivity contribution >= 4 is 62.2 Å². The topological polar surface area (TPSA) is 87.3 Å². The maximum absolute atomic E-state index is 12.9. The van der Waals surface area contributed by atoms with E-state index in [1.54, 1.807) is 31.4 Å². The molecule has 0 atom stereocenters. The highest BCUT2D eigenvalue weighted by molar-refractivity contribution is 8.27. The first-order valence-electron chi connectivity index (χ1n) is 12.0. The molecule has 1 amide bonds. The molecular formula is C30H21ClN4O3S. The third-order valence-electron chi connectivity index (χ3n) is 6.32. The summed E-state index contributed by atoms with van der Waals surface area (Å²) in [6, 6.07) is 27.0. The van der Waals surface area contributed by atoms with E-state index in [0.29, 0.717) is 38.9 Å². The molecule has 2 aliphatic rings. The highest BCUT2D eigenvalue weighted by Crippen LogP contribution is 2.34. The molecule has 0 saturated carbocycles. The summed E-state index contributed by atoms with van der Waals surface area (Å²) in [7, 11) is 1.56. The molecule has 0 aromatic heterocycles. The number of ether oxygens (including phenoxy) is 2. The first-order valence-corrected chi connectivity index (χ1v) is 13.2. The standard InChI is InChI=1S/C30H21ClN4O3S/c1-37-26-16-18(13-14-25(26)38-17-20-9-6-8-19-7-2-3-10-21(19)20)15-23-27(32)35-30(33-28(23)36)39-29(34-35)22-11-4-5-12-24(22)31/h2-16,32H,17H2,1H3/b23-15-,32-27?. The second-order valence-electron chi connectivity index (χ2n) is 8.74. The van der Waals surface area contributed by atoms with Gasteiger partial charge in [-0.05, 0) is 57.9 Å². The van der Waals surface area contributed by atoms with Gasteiger partial charge in [0.25, 0.3) is 5.91 Å². The molecule has 0 fully saturated rings. The maximum Gasteiger partial charge on any atom is 0.283 e. The van der Waals surface area contributed by atoms with Crippen molar-refractivity contribution in [3.05, 3.63) is 112 Å². The number of thioether (sulfide) groups is 1. The van der Waals surface area contributed by atoms with E-state index in [1.807, 2.05) is 48.5 Å². The number of hydrogen-bond acceptors (Lipinski definition) is 6. The summed E-state index contributed by atoms with van der Waals surface area (Å²) in [5.74, 6) is 0.515. The third-order valence-corrected chi connectivity index (χ3v) is 7.59. The van der Waals surface area contributed by atoms with Gasteiger partial charge in [-0.15, -0.1) is 0 Å². The molecular weight excluding hydrogens is 532 g/mol. The predicted molar refractivity (Wildman–Crippen MR) is 157 cm³/mol. The largest absolute Gasteiger partial charge is 0.493 e. The van der Waals surface area contributed by atoms with Gasteiger partial charge in [0.15, 0.2) is 17.3 Å². The van der Waals surface area contributed by atoms with Gasteiger partial charge in [-0.25, -0.2) is 0 Å². The molecule has 6 rings (SSSR count). The highest BCUT2D eigenvalue weighted by atomic mass is 35.5. The van der Waals surface area contributed by atoms with E-state index >= 15 is 0 Å². The van der Waals surface area contributed by atoms with E-state index in [1.165, 1.54) is 16.8 Å². The average Bonchev–Trinajstić information content (AvgIpc) is 3.38. The van der Waals surface area contributed by atoms with Crippen LogP contribution in [0.1, 0.15) is 16.7 Å². The van der Waals surface area contributed by atoms with E-state index in [2.05, 4.69) is 28.3 Å². The molecule has 4 aromatic carbocycles. The van der Waals surface area contributed by atoms with Crippen LogP contribution in [-0.2, 0) is 11.4 Å². The smallest absolute Gasteiger partial charge is 0.283 e. The Bertz CT molecular complexity index is 1740. The minimum Gasteiger partial charge on any atom is -0.493 e. The summed E-state index contributed by atoms with van der Waals surface area (Å²) in [4.78, 5) is 17.0.